The minimum Gasteiger partial charge on any atom is -0.462 e. The summed E-state index contributed by atoms with van der Waals surface area (Å²) in [5, 5.41) is 0. The monoisotopic (exact) mass is 339 g/mol. The first-order valence-corrected chi connectivity index (χ1v) is 8.99. The van der Waals surface area contributed by atoms with Gasteiger partial charge in [0, 0.05) is 13.1 Å². The molecule has 0 aliphatic rings. The number of nitrogens with zero attached hydrogens (tertiary/aromatic N) is 1. The zero-order valence-corrected chi connectivity index (χ0v) is 15.7. The first-order valence-electron chi connectivity index (χ1n) is 8.99. The first-order chi connectivity index (χ1) is 12.0. The molecular formula is C22H29NO2. The molecule has 0 N–H and O–H groups in total. The number of ether oxygens (including phenoxy) is 1. The molecule has 0 aromatic heterocycles. The van der Waals surface area contributed by atoms with Gasteiger partial charge in [0.25, 0.3) is 0 Å². The molecule has 2 aromatic carbocycles. The van der Waals surface area contributed by atoms with Gasteiger partial charge in [0.1, 0.15) is 6.04 Å². The quantitative estimate of drug-likeness (QED) is 0.655. The fourth-order valence-electron chi connectivity index (χ4n) is 3.03. The van der Waals surface area contributed by atoms with Gasteiger partial charge in [0.15, 0.2) is 0 Å². The van der Waals surface area contributed by atoms with Crippen molar-refractivity contribution in [2.75, 3.05) is 0 Å². The molecule has 2 rings (SSSR count). The molecule has 0 amide bonds. The Morgan fingerprint density at radius 1 is 0.840 bits per heavy atom. The van der Waals surface area contributed by atoms with Gasteiger partial charge >= 0.3 is 5.97 Å². The third kappa shape index (κ3) is 6.02. The van der Waals surface area contributed by atoms with Gasteiger partial charge in [-0.25, -0.2) is 0 Å². The highest BCUT2D eigenvalue weighted by Gasteiger charge is 2.31. The Kier molecular flexibility index (Phi) is 7.20. The molecule has 0 saturated heterocycles. The topological polar surface area (TPSA) is 29.5 Å². The molecular weight excluding hydrogens is 310 g/mol. The molecule has 0 aliphatic heterocycles. The standard InChI is InChI=1S/C22H29NO2/c1-17(2)21(22(24)25-18(3)4)23(15-19-11-7-5-8-12-19)16-20-13-9-6-10-14-20/h5-14,17-18,21H,15-16H2,1-4H3. The fourth-order valence-corrected chi connectivity index (χ4v) is 3.03. The molecule has 0 aliphatic carbocycles. The average molecular weight is 339 g/mol. The Morgan fingerprint density at radius 3 is 1.64 bits per heavy atom. The maximum atomic E-state index is 12.8. The molecule has 0 saturated carbocycles. The zero-order chi connectivity index (χ0) is 18.2. The van der Waals surface area contributed by atoms with Crippen molar-refractivity contribution < 1.29 is 9.53 Å². The van der Waals surface area contributed by atoms with Gasteiger partial charge < -0.3 is 4.74 Å². The highest BCUT2D eigenvalue weighted by molar-refractivity contribution is 5.76. The molecule has 0 heterocycles. The lowest BCUT2D eigenvalue weighted by molar-refractivity contribution is -0.156. The van der Waals surface area contributed by atoms with Crippen LogP contribution in [0.2, 0.25) is 0 Å². The number of esters is 1. The van der Waals surface area contributed by atoms with E-state index in [1.54, 1.807) is 0 Å². The number of rotatable bonds is 8. The number of hydrogen-bond acceptors (Lipinski definition) is 3. The van der Waals surface area contributed by atoms with Crippen LogP contribution in [0.25, 0.3) is 0 Å². The van der Waals surface area contributed by atoms with E-state index in [9.17, 15) is 4.79 Å². The summed E-state index contributed by atoms with van der Waals surface area (Å²) in [6, 6.07) is 20.3. The van der Waals surface area contributed by atoms with Gasteiger partial charge in [0.05, 0.1) is 6.10 Å². The third-order valence-corrected chi connectivity index (χ3v) is 4.08. The number of carbonyl (C=O) groups excluding carboxylic acids is 1. The number of hydrogen-bond donors (Lipinski definition) is 0. The summed E-state index contributed by atoms with van der Waals surface area (Å²) in [4.78, 5) is 15.0. The maximum absolute atomic E-state index is 12.8. The number of carbonyl (C=O) groups is 1. The van der Waals surface area contributed by atoms with Gasteiger partial charge in [-0.05, 0) is 30.9 Å². The summed E-state index contributed by atoms with van der Waals surface area (Å²) in [6.45, 7) is 9.38. The van der Waals surface area contributed by atoms with E-state index >= 15 is 0 Å². The largest absolute Gasteiger partial charge is 0.462 e. The van der Waals surface area contributed by atoms with Crippen molar-refractivity contribution in [1.29, 1.82) is 0 Å². The lowest BCUT2D eigenvalue weighted by atomic mass is 10.0. The van der Waals surface area contributed by atoms with Crippen LogP contribution in [0.1, 0.15) is 38.8 Å². The van der Waals surface area contributed by atoms with Crippen LogP contribution in [-0.2, 0) is 22.6 Å². The molecule has 3 heteroatoms. The Balaban J connectivity index is 2.28. The van der Waals surface area contributed by atoms with Crippen molar-refractivity contribution in [3.8, 4) is 0 Å². The summed E-state index contributed by atoms with van der Waals surface area (Å²) in [6.07, 6.45) is -0.107. The Bertz CT molecular complexity index is 596. The van der Waals surface area contributed by atoms with Gasteiger partial charge in [0.2, 0.25) is 0 Å². The fraction of sp³-hybridized carbons (Fsp3) is 0.409. The molecule has 3 nitrogen and oxygen atoms in total. The average Bonchev–Trinajstić information content (AvgIpc) is 2.55. The van der Waals surface area contributed by atoms with E-state index in [1.165, 1.54) is 11.1 Å². The predicted octanol–water partition coefficient (Wildman–Crippen LogP) is 4.67. The summed E-state index contributed by atoms with van der Waals surface area (Å²) < 4.78 is 5.55. The van der Waals surface area contributed by atoms with E-state index in [0.717, 1.165) is 0 Å². The highest BCUT2D eigenvalue weighted by Crippen LogP contribution is 2.20. The molecule has 0 fully saturated rings. The van der Waals surface area contributed by atoms with Crippen molar-refractivity contribution in [2.24, 2.45) is 5.92 Å². The minimum atomic E-state index is -0.275. The summed E-state index contributed by atoms with van der Waals surface area (Å²) in [5.41, 5.74) is 2.39. The normalized spacial score (nSPS) is 12.6. The SMILES string of the molecule is CC(C)OC(=O)C(C(C)C)N(Cc1ccccc1)Cc1ccccc1. The molecule has 0 spiro atoms. The van der Waals surface area contributed by atoms with E-state index in [4.69, 9.17) is 4.74 Å². The van der Waals surface area contributed by atoms with Crippen molar-refractivity contribution >= 4 is 5.97 Å². The molecule has 1 atom stereocenters. The molecule has 134 valence electrons. The summed E-state index contributed by atoms with van der Waals surface area (Å²) >= 11 is 0. The molecule has 1 unspecified atom stereocenters. The van der Waals surface area contributed by atoms with Crippen LogP contribution in [0, 0.1) is 5.92 Å². The van der Waals surface area contributed by atoms with Crippen LogP contribution in [-0.4, -0.2) is 23.0 Å². The predicted molar refractivity (Wildman–Crippen MR) is 102 cm³/mol. The second kappa shape index (κ2) is 9.38. The summed E-state index contributed by atoms with van der Waals surface area (Å²) in [7, 11) is 0. The van der Waals surface area contributed by atoms with Crippen LogP contribution in [0.15, 0.2) is 60.7 Å². The van der Waals surface area contributed by atoms with Gasteiger partial charge in [-0.2, -0.15) is 0 Å². The van der Waals surface area contributed by atoms with Gasteiger partial charge in [-0.15, -0.1) is 0 Å². The Hall–Kier alpha value is -2.13. The Labute approximate surface area is 151 Å². The smallest absolute Gasteiger partial charge is 0.323 e. The van der Waals surface area contributed by atoms with Crippen LogP contribution in [0.3, 0.4) is 0 Å². The van der Waals surface area contributed by atoms with E-state index in [2.05, 4.69) is 43.0 Å². The van der Waals surface area contributed by atoms with Gasteiger partial charge in [-0.1, -0.05) is 74.5 Å². The van der Waals surface area contributed by atoms with Crippen molar-refractivity contribution in [3.05, 3.63) is 71.8 Å². The van der Waals surface area contributed by atoms with Crippen molar-refractivity contribution in [2.45, 2.75) is 52.9 Å². The van der Waals surface area contributed by atoms with Gasteiger partial charge in [-0.3, -0.25) is 9.69 Å². The molecule has 0 radical (unpaired) electrons. The lowest BCUT2D eigenvalue weighted by Gasteiger charge is -2.33. The summed E-state index contributed by atoms with van der Waals surface area (Å²) in [5.74, 6) is 0.0236. The lowest BCUT2D eigenvalue weighted by Crippen LogP contribution is -2.45. The van der Waals surface area contributed by atoms with Crippen molar-refractivity contribution in [1.82, 2.24) is 4.90 Å². The van der Waals surface area contributed by atoms with Crippen LogP contribution < -0.4 is 0 Å². The minimum absolute atomic E-state index is 0.107. The van der Waals surface area contributed by atoms with Crippen LogP contribution in [0.5, 0.6) is 0 Å². The van der Waals surface area contributed by atoms with Crippen LogP contribution >= 0.6 is 0 Å². The molecule has 0 bridgehead atoms. The maximum Gasteiger partial charge on any atom is 0.323 e. The van der Waals surface area contributed by atoms with Crippen LogP contribution in [0.4, 0.5) is 0 Å². The highest BCUT2D eigenvalue weighted by atomic mass is 16.5. The first kappa shape index (κ1) is 19.2. The number of benzene rings is 2. The Morgan fingerprint density at radius 2 is 1.28 bits per heavy atom. The molecule has 2 aromatic rings. The van der Waals surface area contributed by atoms with E-state index < -0.39 is 0 Å². The van der Waals surface area contributed by atoms with E-state index in [-0.39, 0.29) is 24.0 Å². The second-order valence-corrected chi connectivity index (χ2v) is 7.05. The van der Waals surface area contributed by atoms with E-state index in [1.807, 2.05) is 50.2 Å². The zero-order valence-electron chi connectivity index (χ0n) is 15.7. The van der Waals surface area contributed by atoms with Crippen molar-refractivity contribution in [3.63, 3.8) is 0 Å². The van der Waals surface area contributed by atoms with E-state index in [0.29, 0.717) is 13.1 Å². The second-order valence-electron chi connectivity index (χ2n) is 7.05. The third-order valence-electron chi connectivity index (χ3n) is 4.08. The molecule has 25 heavy (non-hydrogen) atoms.